The van der Waals surface area contributed by atoms with Crippen molar-refractivity contribution in [3.05, 3.63) is 65.7 Å². The molecule has 0 saturated carbocycles. The number of para-hydroxylation sites is 1. The van der Waals surface area contributed by atoms with Crippen LogP contribution in [0, 0.1) is 0 Å². The monoisotopic (exact) mass is 339 g/mol. The fourth-order valence-corrected chi connectivity index (χ4v) is 2.65. The van der Waals surface area contributed by atoms with E-state index in [2.05, 4.69) is 5.32 Å². The van der Waals surface area contributed by atoms with E-state index in [1.54, 1.807) is 11.8 Å². The molecular weight excluding hydrogens is 314 g/mol. The van der Waals surface area contributed by atoms with Crippen molar-refractivity contribution in [3.63, 3.8) is 0 Å². The van der Waals surface area contributed by atoms with Gasteiger partial charge in [0.15, 0.2) is 0 Å². The Morgan fingerprint density at radius 2 is 1.72 bits per heavy atom. The van der Waals surface area contributed by atoms with Gasteiger partial charge in [-0.1, -0.05) is 48.5 Å². The number of nitrogens with one attached hydrogen (secondary N) is 1. The van der Waals surface area contributed by atoms with E-state index < -0.39 is 0 Å². The lowest BCUT2D eigenvalue weighted by Gasteiger charge is -2.21. The Kier molecular flexibility index (Phi) is 6.71. The molecule has 5 nitrogen and oxygen atoms in total. The molecule has 0 spiro atoms. The molecule has 0 heterocycles. The Hall–Kier alpha value is -2.66. The van der Waals surface area contributed by atoms with Crippen LogP contribution in [-0.4, -0.2) is 23.3 Å². The average Bonchev–Trinajstić information content (AvgIpc) is 2.61. The summed E-state index contributed by atoms with van der Waals surface area (Å²) in [5.41, 5.74) is 8.67. The van der Waals surface area contributed by atoms with Crippen LogP contribution in [0.25, 0.3) is 0 Å². The van der Waals surface area contributed by atoms with Crippen molar-refractivity contribution in [2.75, 3.05) is 11.9 Å². The second-order valence-electron chi connectivity index (χ2n) is 5.96. The van der Waals surface area contributed by atoms with Crippen LogP contribution in [0.15, 0.2) is 54.6 Å². The van der Waals surface area contributed by atoms with Crippen LogP contribution in [0.1, 0.15) is 37.4 Å². The summed E-state index contributed by atoms with van der Waals surface area (Å²) < 4.78 is 0. The van der Waals surface area contributed by atoms with Crippen molar-refractivity contribution in [1.29, 1.82) is 0 Å². The summed E-state index contributed by atoms with van der Waals surface area (Å²) in [4.78, 5) is 25.7. The van der Waals surface area contributed by atoms with Gasteiger partial charge >= 0.3 is 0 Å². The van der Waals surface area contributed by atoms with E-state index in [-0.39, 0.29) is 24.3 Å². The highest BCUT2D eigenvalue weighted by Crippen LogP contribution is 2.19. The van der Waals surface area contributed by atoms with Gasteiger partial charge in [0.2, 0.25) is 11.8 Å². The molecule has 2 rings (SSSR count). The van der Waals surface area contributed by atoms with Gasteiger partial charge in [-0.05, 0) is 24.1 Å². The van der Waals surface area contributed by atoms with E-state index in [9.17, 15) is 9.59 Å². The topological polar surface area (TPSA) is 75.4 Å². The second kappa shape index (κ2) is 8.99. The summed E-state index contributed by atoms with van der Waals surface area (Å²) in [5, 5.41) is 2.92. The fraction of sp³-hybridized carbons (Fsp3) is 0.300. The first-order valence-corrected chi connectivity index (χ1v) is 8.45. The van der Waals surface area contributed by atoms with Gasteiger partial charge in [0.05, 0.1) is 0 Å². The van der Waals surface area contributed by atoms with Crippen molar-refractivity contribution in [2.45, 2.75) is 32.9 Å². The Labute approximate surface area is 148 Å². The molecule has 0 aromatic heterocycles. The summed E-state index contributed by atoms with van der Waals surface area (Å²) in [6.45, 7) is 4.56. The van der Waals surface area contributed by atoms with Gasteiger partial charge in [-0.3, -0.25) is 9.59 Å². The molecule has 0 radical (unpaired) electrons. The van der Waals surface area contributed by atoms with Gasteiger partial charge in [-0.2, -0.15) is 0 Å². The summed E-state index contributed by atoms with van der Waals surface area (Å²) in [7, 11) is 0. The molecule has 0 bridgehead atoms. The van der Waals surface area contributed by atoms with Crippen molar-refractivity contribution < 1.29 is 9.59 Å². The van der Waals surface area contributed by atoms with Crippen molar-refractivity contribution >= 4 is 17.5 Å². The zero-order valence-corrected chi connectivity index (χ0v) is 14.7. The second-order valence-corrected chi connectivity index (χ2v) is 5.96. The number of rotatable bonds is 7. The predicted octanol–water partition coefficient (Wildman–Crippen LogP) is 3.08. The highest BCUT2D eigenvalue weighted by Gasteiger charge is 2.14. The van der Waals surface area contributed by atoms with Crippen LogP contribution in [-0.2, 0) is 16.1 Å². The third-order valence-corrected chi connectivity index (χ3v) is 4.11. The number of nitrogens with zero attached hydrogens (tertiary/aromatic N) is 1. The third kappa shape index (κ3) is 5.43. The number of carbonyl (C=O) groups excluding carboxylic acids is 2. The average molecular weight is 339 g/mol. The van der Waals surface area contributed by atoms with Crippen LogP contribution < -0.4 is 11.1 Å². The lowest BCUT2D eigenvalue weighted by molar-refractivity contribution is -0.129. The van der Waals surface area contributed by atoms with E-state index in [0.717, 1.165) is 11.1 Å². The molecule has 132 valence electrons. The number of nitrogens with two attached hydrogens (primary N) is 1. The number of hydrogen-bond donors (Lipinski definition) is 2. The number of carbonyl (C=O) groups is 2. The lowest BCUT2D eigenvalue weighted by Crippen LogP contribution is -2.28. The zero-order valence-electron chi connectivity index (χ0n) is 14.7. The summed E-state index contributed by atoms with van der Waals surface area (Å²) in [6.07, 6.45) is 0.197. The van der Waals surface area contributed by atoms with Gasteiger partial charge in [-0.25, -0.2) is 0 Å². The maximum absolute atomic E-state index is 12.4. The maximum Gasteiger partial charge on any atom is 0.226 e. The first-order valence-electron chi connectivity index (χ1n) is 8.45. The molecule has 2 amide bonds. The Balaban J connectivity index is 2.04. The minimum atomic E-state index is -0.349. The molecule has 0 aliphatic heterocycles. The van der Waals surface area contributed by atoms with E-state index in [1.165, 1.54) is 0 Å². The number of anilines is 1. The molecule has 0 aliphatic carbocycles. The van der Waals surface area contributed by atoms with Crippen LogP contribution in [0.5, 0.6) is 0 Å². The summed E-state index contributed by atoms with van der Waals surface area (Å²) in [5.74, 6) is -0.135. The Morgan fingerprint density at radius 1 is 1.08 bits per heavy atom. The third-order valence-electron chi connectivity index (χ3n) is 4.11. The van der Waals surface area contributed by atoms with Gasteiger partial charge < -0.3 is 16.0 Å². The SMILES string of the molecule is CCN(Cc1ccccc1NC(=O)CC(N)c1ccccc1)C(C)=O. The van der Waals surface area contributed by atoms with Crippen LogP contribution >= 0.6 is 0 Å². The predicted molar refractivity (Wildman–Crippen MR) is 99.8 cm³/mol. The molecular formula is C20H25N3O2. The molecule has 2 aromatic carbocycles. The van der Waals surface area contributed by atoms with E-state index >= 15 is 0 Å². The van der Waals surface area contributed by atoms with Gasteiger partial charge in [-0.15, -0.1) is 0 Å². The zero-order chi connectivity index (χ0) is 18.2. The van der Waals surface area contributed by atoms with E-state index in [0.29, 0.717) is 18.8 Å². The first kappa shape index (κ1) is 18.7. The quantitative estimate of drug-likeness (QED) is 0.814. The normalized spacial score (nSPS) is 11.6. The minimum absolute atomic E-state index is 0.00901. The molecule has 0 saturated heterocycles. The molecule has 1 atom stereocenters. The largest absolute Gasteiger partial charge is 0.339 e. The molecule has 25 heavy (non-hydrogen) atoms. The number of amides is 2. The van der Waals surface area contributed by atoms with Gasteiger partial charge in [0.1, 0.15) is 0 Å². The van der Waals surface area contributed by atoms with Crippen molar-refractivity contribution in [1.82, 2.24) is 4.90 Å². The Bertz CT molecular complexity index is 716. The maximum atomic E-state index is 12.4. The smallest absolute Gasteiger partial charge is 0.226 e. The van der Waals surface area contributed by atoms with Crippen molar-refractivity contribution in [2.24, 2.45) is 5.73 Å². The minimum Gasteiger partial charge on any atom is -0.339 e. The standard InChI is InChI=1S/C20H25N3O2/c1-3-23(15(2)24)14-17-11-7-8-12-19(17)22-20(25)13-18(21)16-9-5-4-6-10-16/h4-12,18H,3,13-14,21H2,1-2H3,(H,22,25). The molecule has 1 unspecified atom stereocenters. The molecule has 0 aliphatic rings. The number of hydrogen-bond acceptors (Lipinski definition) is 3. The van der Waals surface area contributed by atoms with E-state index in [4.69, 9.17) is 5.73 Å². The van der Waals surface area contributed by atoms with Gasteiger partial charge in [0.25, 0.3) is 0 Å². The summed E-state index contributed by atoms with van der Waals surface area (Å²) in [6, 6.07) is 16.7. The first-order chi connectivity index (χ1) is 12.0. The molecule has 2 aromatic rings. The highest BCUT2D eigenvalue weighted by atomic mass is 16.2. The van der Waals surface area contributed by atoms with E-state index in [1.807, 2.05) is 61.5 Å². The number of benzene rings is 2. The van der Waals surface area contributed by atoms with Crippen LogP contribution in [0.4, 0.5) is 5.69 Å². The molecule has 3 N–H and O–H groups in total. The lowest BCUT2D eigenvalue weighted by atomic mass is 10.0. The molecule has 5 heteroatoms. The summed E-state index contributed by atoms with van der Waals surface area (Å²) >= 11 is 0. The van der Waals surface area contributed by atoms with Gasteiger partial charge in [0, 0.05) is 38.2 Å². The van der Waals surface area contributed by atoms with Crippen molar-refractivity contribution in [3.8, 4) is 0 Å². The highest BCUT2D eigenvalue weighted by molar-refractivity contribution is 5.92. The fourth-order valence-electron chi connectivity index (χ4n) is 2.65. The van der Waals surface area contributed by atoms with Crippen LogP contribution in [0.2, 0.25) is 0 Å². The Morgan fingerprint density at radius 3 is 2.36 bits per heavy atom. The molecule has 0 fully saturated rings. The van der Waals surface area contributed by atoms with Crippen LogP contribution in [0.3, 0.4) is 0 Å².